The molecule has 0 bridgehead atoms. The van der Waals surface area contributed by atoms with E-state index in [9.17, 15) is 9.59 Å². The number of nitrogens with zero attached hydrogens (tertiary/aromatic N) is 2. The van der Waals surface area contributed by atoms with Crippen LogP contribution in [0.25, 0.3) is 0 Å². The third-order valence-corrected chi connectivity index (χ3v) is 4.64. The van der Waals surface area contributed by atoms with E-state index in [4.69, 9.17) is 5.73 Å². The summed E-state index contributed by atoms with van der Waals surface area (Å²) in [6.45, 7) is 2.31. The van der Waals surface area contributed by atoms with Gasteiger partial charge in [-0.3, -0.25) is 4.79 Å². The molecule has 0 aromatic carbocycles. The Balaban J connectivity index is 2.04. The maximum absolute atomic E-state index is 12.3. The zero-order valence-electron chi connectivity index (χ0n) is 9.76. The van der Waals surface area contributed by atoms with E-state index in [0.29, 0.717) is 31.7 Å². The number of nitrogens with two attached hydrogens (primary N) is 1. The number of primary amides is 1. The fourth-order valence-electron chi connectivity index (χ4n) is 1.95. The number of hydrogen-bond acceptors (Lipinski definition) is 3. The van der Waals surface area contributed by atoms with Crippen LogP contribution in [0.15, 0.2) is 15.2 Å². The molecule has 1 aromatic rings. The van der Waals surface area contributed by atoms with Crippen LogP contribution in [0.4, 0.5) is 4.79 Å². The lowest BCUT2D eigenvalue weighted by atomic mass is 10.3. The van der Waals surface area contributed by atoms with Crippen LogP contribution in [-0.2, 0) is 0 Å². The Labute approximate surface area is 118 Å². The minimum Gasteiger partial charge on any atom is -0.351 e. The standard InChI is InChI=1S/C11H14BrN3O2S/c12-9-7-18-6-8(9)10(16)14-2-1-3-15(5-4-14)11(13)17/h6-7H,1-5H2,(H2,13,17). The summed E-state index contributed by atoms with van der Waals surface area (Å²) in [5, 5.41) is 3.73. The topological polar surface area (TPSA) is 66.6 Å². The number of hydrogen-bond donors (Lipinski definition) is 1. The maximum Gasteiger partial charge on any atom is 0.314 e. The van der Waals surface area contributed by atoms with Crippen molar-refractivity contribution in [3.05, 3.63) is 20.8 Å². The number of carbonyl (C=O) groups is 2. The highest BCUT2D eigenvalue weighted by Crippen LogP contribution is 2.23. The molecule has 0 atom stereocenters. The molecule has 0 aliphatic carbocycles. The van der Waals surface area contributed by atoms with E-state index in [0.717, 1.165) is 10.9 Å². The van der Waals surface area contributed by atoms with Crippen molar-refractivity contribution in [2.75, 3.05) is 26.2 Å². The number of rotatable bonds is 1. The van der Waals surface area contributed by atoms with E-state index >= 15 is 0 Å². The largest absolute Gasteiger partial charge is 0.351 e. The van der Waals surface area contributed by atoms with Crippen molar-refractivity contribution in [2.24, 2.45) is 5.73 Å². The van der Waals surface area contributed by atoms with E-state index < -0.39 is 6.03 Å². The van der Waals surface area contributed by atoms with Gasteiger partial charge in [0.1, 0.15) is 0 Å². The monoisotopic (exact) mass is 331 g/mol. The first-order chi connectivity index (χ1) is 8.59. The number of amides is 3. The van der Waals surface area contributed by atoms with Crippen molar-refractivity contribution < 1.29 is 9.59 Å². The Bertz CT molecular complexity index is 463. The molecule has 3 amide bonds. The molecular weight excluding hydrogens is 318 g/mol. The molecule has 1 aliphatic rings. The fourth-order valence-corrected chi connectivity index (χ4v) is 3.38. The van der Waals surface area contributed by atoms with Crippen LogP contribution in [0, 0.1) is 0 Å². The summed E-state index contributed by atoms with van der Waals surface area (Å²) >= 11 is 4.86. The third-order valence-electron chi connectivity index (χ3n) is 2.94. The second-order valence-corrected chi connectivity index (χ2v) is 5.70. The fraction of sp³-hybridized carbons (Fsp3) is 0.455. The quantitative estimate of drug-likeness (QED) is 0.851. The molecule has 1 aromatic heterocycles. The van der Waals surface area contributed by atoms with Crippen molar-refractivity contribution in [3.63, 3.8) is 0 Å². The molecule has 2 heterocycles. The first-order valence-electron chi connectivity index (χ1n) is 5.65. The lowest BCUT2D eigenvalue weighted by Crippen LogP contribution is -2.39. The molecule has 18 heavy (non-hydrogen) atoms. The van der Waals surface area contributed by atoms with Crippen LogP contribution < -0.4 is 5.73 Å². The van der Waals surface area contributed by atoms with Crippen molar-refractivity contribution in [1.82, 2.24) is 9.80 Å². The van der Waals surface area contributed by atoms with Crippen molar-refractivity contribution >= 4 is 39.2 Å². The molecule has 1 fully saturated rings. The molecule has 1 saturated heterocycles. The van der Waals surface area contributed by atoms with Crippen LogP contribution in [0.2, 0.25) is 0 Å². The van der Waals surface area contributed by atoms with E-state index in [1.54, 1.807) is 9.80 Å². The van der Waals surface area contributed by atoms with Gasteiger partial charge in [-0.25, -0.2) is 4.79 Å². The van der Waals surface area contributed by atoms with Crippen molar-refractivity contribution in [1.29, 1.82) is 0 Å². The summed E-state index contributed by atoms with van der Waals surface area (Å²) in [5.41, 5.74) is 5.94. The highest BCUT2D eigenvalue weighted by molar-refractivity contribution is 9.10. The zero-order valence-corrected chi connectivity index (χ0v) is 12.2. The molecule has 0 unspecified atom stereocenters. The molecule has 0 saturated carbocycles. The summed E-state index contributed by atoms with van der Waals surface area (Å²) in [7, 11) is 0. The molecule has 0 spiro atoms. The lowest BCUT2D eigenvalue weighted by molar-refractivity contribution is 0.0762. The molecule has 5 nitrogen and oxygen atoms in total. The number of thiophene rings is 1. The van der Waals surface area contributed by atoms with Gasteiger partial charge in [0.05, 0.1) is 5.56 Å². The van der Waals surface area contributed by atoms with Crippen LogP contribution in [-0.4, -0.2) is 47.9 Å². The second kappa shape index (κ2) is 5.71. The summed E-state index contributed by atoms with van der Waals surface area (Å²) in [5.74, 6) is 0.00875. The van der Waals surface area contributed by atoms with Gasteiger partial charge in [0.25, 0.3) is 5.91 Å². The van der Waals surface area contributed by atoms with Gasteiger partial charge in [0.2, 0.25) is 0 Å². The summed E-state index contributed by atoms with van der Waals surface area (Å²) in [6.07, 6.45) is 0.760. The summed E-state index contributed by atoms with van der Waals surface area (Å²) in [6, 6.07) is -0.416. The van der Waals surface area contributed by atoms with E-state index in [-0.39, 0.29) is 5.91 Å². The van der Waals surface area contributed by atoms with E-state index in [1.807, 2.05) is 10.8 Å². The summed E-state index contributed by atoms with van der Waals surface area (Å²) < 4.78 is 0.827. The van der Waals surface area contributed by atoms with Gasteiger partial charge < -0.3 is 15.5 Å². The average molecular weight is 332 g/mol. The Morgan fingerprint density at radius 3 is 2.44 bits per heavy atom. The molecule has 98 valence electrons. The van der Waals surface area contributed by atoms with Gasteiger partial charge in [-0.1, -0.05) is 0 Å². The smallest absolute Gasteiger partial charge is 0.314 e. The Kier molecular flexibility index (Phi) is 4.23. The molecule has 2 N–H and O–H groups in total. The second-order valence-electron chi connectivity index (χ2n) is 4.10. The molecule has 2 rings (SSSR count). The van der Waals surface area contributed by atoms with E-state index in [1.165, 1.54) is 11.3 Å². The lowest BCUT2D eigenvalue weighted by Gasteiger charge is -2.20. The predicted molar refractivity (Wildman–Crippen MR) is 73.7 cm³/mol. The minimum absolute atomic E-state index is 0.00875. The zero-order chi connectivity index (χ0) is 13.1. The van der Waals surface area contributed by atoms with E-state index in [2.05, 4.69) is 15.9 Å². The SMILES string of the molecule is NC(=O)N1CCCN(C(=O)c2cscc2Br)CC1. The molecular formula is C11H14BrN3O2S. The number of halogens is 1. The van der Waals surface area contributed by atoms with Crippen molar-refractivity contribution in [2.45, 2.75) is 6.42 Å². The van der Waals surface area contributed by atoms with Crippen LogP contribution in [0.1, 0.15) is 16.8 Å². The van der Waals surface area contributed by atoms with Crippen LogP contribution in [0.3, 0.4) is 0 Å². The highest BCUT2D eigenvalue weighted by atomic mass is 79.9. The molecule has 0 radical (unpaired) electrons. The van der Waals surface area contributed by atoms with Gasteiger partial charge in [0, 0.05) is 41.4 Å². The molecule has 7 heteroatoms. The predicted octanol–water partition coefficient (Wildman–Crippen LogP) is 1.74. The van der Waals surface area contributed by atoms with Crippen molar-refractivity contribution in [3.8, 4) is 0 Å². The minimum atomic E-state index is -0.416. The maximum atomic E-state index is 12.3. The normalized spacial score (nSPS) is 16.5. The highest BCUT2D eigenvalue weighted by Gasteiger charge is 2.23. The first-order valence-corrected chi connectivity index (χ1v) is 7.38. The Morgan fingerprint density at radius 2 is 1.83 bits per heavy atom. The average Bonchev–Trinajstić information content (AvgIpc) is 2.63. The number of carbonyl (C=O) groups excluding carboxylic acids is 2. The molecule has 1 aliphatic heterocycles. The Morgan fingerprint density at radius 1 is 1.17 bits per heavy atom. The Hall–Kier alpha value is -1.08. The summed E-state index contributed by atoms with van der Waals surface area (Å²) in [4.78, 5) is 26.7. The van der Waals surface area contributed by atoms with Gasteiger partial charge in [-0.2, -0.15) is 11.3 Å². The third kappa shape index (κ3) is 2.84. The van der Waals surface area contributed by atoms with Gasteiger partial charge in [-0.05, 0) is 22.4 Å². The van der Waals surface area contributed by atoms with Crippen LogP contribution in [0.5, 0.6) is 0 Å². The first kappa shape index (κ1) is 13.4. The van der Waals surface area contributed by atoms with Crippen LogP contribution >= 0.6 is 27.3 Å². The van der Waals surface area contributed by atoms with Gasteiger partial charge in [0.15, 0.2) is 0 Å². The van der Waals surface area contributed by atoms with Gasteiger partial charge in [-0.15, -0.1) is 0 Å². The number of urea groups is 1. The van der Waals surface area contributed by atoms with Gasteiger partial charge >= 0.3 is 6.03 Å².